The summed E-state index contributed by atoms with van der Waals surface area (Å²) in [4.78, 5) is 19.6. The van der Waals surface area contributed by atoms with E-state index in [2.05, 4.69) is 28.4 Å². The lowest BCUT2D eigenvalue weighted by molar-refractivity contribution is 0.872. The van der Waals surface area contributed by atoms with E-state index in [1.807, 2.05) is 32.0 Å². The Hall–Kier alpha value is -3.02. The molecule has 0 unspecified atom stereocenters. The van der Waals surface area contributed by atoms with Gasteiger partial charge in [0.05, 0.1) is 11.9 Å². The van der Waals surface area contributed by atoms with Crippen molar-refractivity contribution < 1.29 is 0 Å². The summed E-state index contributed by atoms with van der Waals surface area (Å²) in [7, 11) is 0. The van der Waals surface area contributed by atoms with E-state index < -0.39 is 0 Å². The van der Waals surface area contributed by atoms with Crippen LogP contribution in [0.15, 0.2) is 53.1 Å². The molecule has 112 valence electrons. The van der Waals surface area contributed by atoms with Gasteiger partial charge in [0.15, 0.2) is 5.82 Å². The average Bonchev–Trinajstić information content (AvgIpc) is 2.88. The number of hydrogen-bond acceptors (Lipinski definition) is 4. The third kappa shape index (κ3) is 3.35. The number of aromatic nitrogens is 4. The van der Waals surface area contributed by atoms with Crippen LogP contribution < -0.4 is 5.56 Å². The molecule has 0 aliphatic carbocycles. The Balaban J connectivity index is 0.000000164. The largest absolute Gasteiger partial charge is 0.269 e. The van der Waals surface area contributed by atoms with Gasteiger partial charge in [-0.05, 0) is 32.1 Å². The van der Waals surface area contributed by atoms with Gasteiger partial charge in [-0.3, -0.25) is 9.20 Å². The van der Waals surface area contributed by atoms with Crippen molar-refractivity contribution in [2.24, 2.45) is 5.10 Å². The van der Waals surface area contributed by atoms with Crippen molar-refractivity contribution in [3.05, 3.63) is 70.8 Å². The lowest BCUT2D eigenvalue weighted by atomic mass is 10.4. The lowest BCUT2D eigenvalue weighted by Gasteiger charge is -1.98. The average molecular weight is 295 g/mol. The Morgan fingerprint density at radius 2 is 2.00 bits per heavy atom. The van der Waals surface area contributed by atoms with E-state index >= 15 is 0 Å². The number of rotatable bonds is 2. The highest BCUT2D eigenvalue weighted by Crippen LogP contribution is 2.02. The predicted octanol–water partition coefficient (Wildman–Crippen LogP) is 2.30. The molecule has 0 aliphatic heterocycles. The minimum atomic E-state index is -0.0295. The maximum atomic E-state index is 11.3. The molecular formula is C16H17N5O. The van der Waals surface area contributed by atoms with E-state index in [0.29, 0.717) is 5.65 Å². The molecule has 0 N–H and O–H groups in total. The molecule has 0 saturated carbocycles. The van der Waals surface area contributed by atoms with Gasteiger partial charge in [0.1, 0.15) is 5.65 Å². The van der Waals surface area contributed by atoms with Gasteiger partial charge in [-0.2, -0.15) is 5.10 Å². The maximum Gasteiger partial charge on any atom is 0.258 e. The number of imidazole rings is 1. The number of hydrogen-bond donors (Lipinski definition) is 0. The van der Waals surface area contributed by atoms with Crippen molar-refractivity contribution in [1.82, 2.24) is 19.0 Å². The summed E-state index contributed by atoms with van der Waals surface area (Å²) in [6, 6.07) is 7.01. The van der Waals surface area contributed by atoms with Crippen molar-refractivity contribution in [2.75, 3.05) is 0 Å². The van der Waals surface area contributed by atoms with Crippen molar-refractivity contribution in [3.8, 4) is 0 Å². The van der Waals surface area contributed by atoms with Gasteiger partial charge in [-0.1, -0.05) is 12.6 Å². The standard InChI is InChI=1S/C9H8N2O.C7H9N3/c1-7-6-9(12)11-5-3-2-4-8(11)10-7;1-4-7-9-6(2)5-10(7)8-3/h2-6H,1H3;4-5H,1,3H2,2H3. The summed E-state index contributed by atoms with van der Waals surface area (Å²) in [5.74, 6) is 0.729. The molecule has 0 saturated heterocycles. The summed E-state index contributed by atoms with van der Waals surface area (Å²) in [6.45, 7) is 10.7. The molecular weight excluding hydrogens is 278 g/mol. The SMILES string of the molecule is C=Cc1nc(C)cn1N=C.Cc1cc(=O)n2ccccc2n1. The van der Waals surface area contributed by atoms with Crippen LogP contribution in [0.1, 0.15) is 17.2 Å². The normalized spacial score (nSPS) is 9.91. The fraction of sp³-hybridized carbons (Fsp3) is 0.125. The summed E-state index contributed by atoms with van der Waals surface area (Å²) >= 11 is 0. The second-order valence-corrected chi connectivity index (χ2v) is 4.60. The zero-order valence-corrected chi connectivity index (χ0v) is 12.6. The topological polar surface area (TPSA) is 64.5 Å². The van der Waals surface area contributed by atoms with E-state index in [1.165, 1.54) is 10.5 Å². The van der Waals surface area contributed by atoms with E-state index in [0.717, 1.165) is 17.2 Å². The third-order valence-corrected chi connectivity index (χ3v) is 2.87. The van der Waals surface area contributed by atoms with Crippen LogP contribution in [0.2, 0.25) is 0 Å². The predicted molar refractivity (Wildman–Crippen MR) is 88.2 cm³/mol. The molecule has 0 aromatic carbocycles. The zero-order chi connectivity index (χ0) is 16.1. The summed E-state index contributed by atoms with van der Waals surface area (Å²) in [5.41, 5.74) is 2.34. The van der Waals surface area contributed by atoms with Gasteiger partial charge in [-0.25, -0.2) is 14.6 Å². The molecule has 0 atom stereocenters. The Kier molecular flexibility index (Phi) is 4.63. The number of fused-ring (bicyclic) bond motifs is 1. The molecule has 3 rings (SSSR count). The summed E-state index contributed by atoms with van der Waals surface area (Å²) in [6.07, 6.45) is 5.15. The van der Waals surface area contributed by atoms with Crippen LogP contribution in [0.25, 0.3) is 11.7 Å². The zero-order valence-electron chi connectivity index (χ0n) is 12.6. The molecule has 3 aromatic rings. The van der Waals surface area contributed by atoms with E-state index in [-0.39, 0.29) is 5.56 Å². The number of pyridine rings is 1. The van der Waals surface area contributed by atoms with Gasteiger partial charge in [0.25, 0.3) is 5.56 Å². The first-order valence-electron chi connectivity index (χ1n) is 6.65. The molecule has 0 fully saturated rings. The first kappa shape index (κ1) is 15.4. The smallest absolute Gasteiger partial charge is 0.258 e. The Morgan fingerprint density at radius 3 is 2.64 bits per heavy atom. The minimum Gasteiger partial charge on any atom is -0.269 e. The molecule has 3 heterocycles. The van der Waals surface area contributed by atoms with E-state index in [1.54, 1.807) is 23.1 Å². The first-order valence-corrected chi connectivity index (χ1v) is 6.65. The van der Waals surface area contributed by atoms with Crippen LogP contribution in [0.5, 0.6) is 0 Å². The number of nitrogens with zero attached hydrogens (tertiary/aromatic N) is 5. The molecule has 0 amide bonds. The van der Waals surface area contributed by atoms with Crippen molar-refractivity contribution in [1.29, 1.82) is 0 Å². The first-order chi connectivity index (χ1) is 10.5. The molecule has 6 heteroatoms. The Morgan fingerprint density at radius 1 is 1.23 bits per heavy atom. The number of aryl methyl sites for hydroxylation is 2. The highest BCUT2D eigenvalue weighted by Gasteiger charge is 1.97. The second kappa shape index (κ2) is 6.62. The van der Waals surface area contributed by atoms with Crippen LogP contribution >= 0.6 is 0 Å². The Bertz CT molecular complexity index is 850. The van der Waals surface area contributed by atoms with Crippen LogP contribution in [-0.2, 0) is 0 Å². The lowest BCUT2D eigenvalue weighted by Crippen LogP contribution is -2.13. The van der Waals surface area contributed by atoms with Crippen LogP contribution in [-0.4, -0.2) is 25.8 Å². The monoisotopic (exact) mass is 295 g/mol. The molecule has 0 bridgehead atoms. The highest BCUT2D eigenvalue weighted by atomic mass is 16.1. The van der Waals surface area contributed by atoms with Gasteiger partial charge >= 0.3 is 0 Å². The summed E-state index contributed by atoms with van der Waals surface area (Å²) < 4.78 is 3.11. The molecule has 0 aliphatic rings. The van der Waals surface area contributed by atoms with Gasteiger partial charge in [0, 0.05) is 24.7 Å². The summed E-state index contributed by atoms with van der Waals surface area (Å²) in [5, 5.41) is 3.70. The van der Waals surface area contributed by atoms with Gasteiger partial charge < -0.3 is 0 Å². The molecule has 22 heavy (non-hydrogen) atoms. The third-order valence-electron chi connectivity index (χ3n) is 2.87. The second-order valence-electron chi connectivity index (χ2n) is 4.60. The molecule has 6 nitrogen and oxygen atoms in total. The molecule has 0 spiro atoms. The van der Waals surface area contributed by atoms with E-state index in [9.17, 15) is 4.79 Å². The molecule has 3 aromatic heterocycles. The Labute approximate surface area is 128 Å². The highest BCUT2D eigenvalue weighted by molar-refractivity contribution is 5.39. The van der Waals surface area contributed by atoms with Crippen LogP contribution in [0, 0.1) is 13.8 Å². The fourth-order valence-electron chi connectivity index (χ4n) is 1.93. The fourth-order valence-corrected chi connectivity index (χ4v) is 1.93. The van der Waals surface area contributed by atoms with Crippen molar-refractivity contribution >= 4 is 18.4 Å². The quantitative estimate of drug-likeness (QED) is 0.681. The maximum absolute atomic E-state index is 11.3. The van der Waals surface area contributed by atoms with Crippen LogP contribution in [0.4, 0.5) is 0 Å². The van der Waals surface area contributed by atoms with Crippen molar-refractivity contribution in [3.63, 3.8) is 0 Å². The molecule has 0 radical (unpaired) electrons. The van der Waals surface area contributed by atoms with Crippen molar-refractivity contribution in [2.45, 2.75) is 13.8 Å². The van der Waals surface area contributed by atoms with E-state index in [4.69, 9.17) is 0 Å². The van der Waals surface area contributed by atoms with Crippen LogP contribution in [0.3, 0.4) is 0 Å². The minimum absolute atomic E-state index is 0.0295. The van der Waals surface area contributed by atoms with Gasteiger partial charge in [0.2, 0.25) is 0 Å². The van der Waals surface area contributed by atoms with Gasteiger partial charge in [-0.15, -0.1) is 0 Å².